The van der Waals surface area contributed by atoms with Crippen molar-refractivity contribution < 1.29 is 4.79 Å². The van der Waals surface area contributed by atoms with Crippen molar-refractivity contribution in [2.24, 2.45) is 21.1 Å². The second-order valence-electron chi connectivity index (χ2n) is 10.0. The van der Waals surface area contributed by atoms with Crippen LogP contribution in [0.5, 0.6) is 0 Å². The van der Waals surface area contributed by atoms with Gasteiger partial charge in [0.25, 0.3) is 0 Å². The second kappa shape index (κ2) is 9.93. The molecule has 3 nitrogen and oxygen atoms in total. The van der Waals surface area contributed by atoms with Gasteiger partial charge in [0.05, 0.1) is 0 Å². The van der Waals surface area contributed by atoms with E-state index >= 15 is 0 Å². The number of hydrogen-bond donors (Lipinski definition) is 0. The van der Waals surface area contributed by atoms with Crippen molar-refractivity contribution in [3.63, 3.8) is 0 Å². The number of carbonyl (C=O) groups excluding carboxylic acids is 1. The van der Waals surface area contributed by atoms with Gasteiger partial charge in [-0.25, -0.2) is 0 Å². The van der Waals surface area contributed by atoms with Crippen LogP contribution in [0.3, 0.4) is 0 Å². The van der Waals surface area contributed by atoms with Gasteiger partial charge < -0.3 is 0 Å². The number of benzene rings is 2. The maximum atomic E-state index is 13.4. The Kier molecular flexibility index (Phi) is 7.82. The van der Waals surface area contributed by atoms with E-state index < -0.39 is 0 Å². The summed E-state index contributed by atoms with van der Waals surface area (Å²) in [6.07, 6.45) is 3.95. The van der Waals surface area contributed by atoms with E-state index in [9.17, 15) is 4.79 Å². The highest BCUT2D eigenvalue weighted by atomic mass is 79.9. The van der Waals surface area contributed by atoms with E-state index in [0.717, 1.165) is 35.7 Å². The molecule has 0 spiro atoms. The first-order valence-corrected chi connectivity index (χ1v) is 13.0. The van der Waals surface area contributed by atoms with Gasteiger partial charge in [-0.3, -0.25) is 4.79 Å². The largest absolute Gasteiger partial charge is 0.289 e. The molecule has 33 heavy (non-hydrogen) atoms. The Morgan fingerprint density at radius 3 is 1.73 bits per heavy atom. The minimum Gasteiger partial charge on any atom is -0.289 e. The Balaban J connectivity index is 2.31. The normalized spacial score (nSPS) is 15.1. The molecule has 0 radical (unpaired) electrons. The lowest BCUT2D eigenvalue weighted by molar-refractivity contribution is -0.114. The van der Waals surface area contributed by atoms with Crippen LogP contribution in [-0.4, -0.2) is 5.78 Å². The first-order chi connectivity index (χ1) is 15.3. The molecule has 0 N–H and O–H groups in total. The smallest absolute Gasteiger partial charge is 0.186 e. The van der Waals surface area contributed by atoms with E-state index in [1.807, 2.05) is 54.6 Å². The van der Waals surface area contributed by atoms with E-state index in [1.54, 1.807) is 0 Å². The fraction of sp³-hybridized carbons (Fsp3) is 0.296. The summed E-state index contributed by atoms with van der Waals surface area (Å²) in [5.74, 6) is 0.0986. The lowest BCUT2D eigenvalue weighted by atomic mass is 9.71. The van der Waals surface area contributed by atoms with Crippen molar-refractivity contribution in [2.75, 3.05) is 0 Å². The summed E-state index contributed by atoms with van der Waals surface area (Å²) < 4.78 is 2.57. The number of Topliss-reactive ketones (excluding diaryl/α,β-unsaturated/α-hetero) is 1. The zero-order valence-electron chi connectivity index (χ0n) is 19.6. The molecule has 0 heterocycles. The minimum absolute atomic E-state index is 0.0986. The number of halogens is 3. The highest BCUT2D eigenvalue weighted by Gasteiger charge is 2.34. The number of carbonyl (C=O) groups is 1. The maximum absolute atomic E-state index is 13.4. The summed E-state index contributed by atoms with van der Waals surface area (Å²) >= 11 is 10.7. The molecule has 0 fully saturated rings. The molecule has 2 aromatic rings. The lowest BCUT2D eigenvalue weighted by Crippen LogP contribution is -2.28. The first kappa shape index (κ1) is 26.0. The van der Waals surface area contributed by atoms with Gasteiger partial charge in [-0.1, -0.05) is 87.8 Å². The summed E-state index contributed by atoms with van der Waals surface area (Å²) in [6, 6.07) is 13.8. The van der Waals surface area contributed by atoms with E-state index in [1.165, 1.54) is 0 Å². The van der Waals surface area contributed by atoms with E-state index in [2.05, 4.69) is 94.4 Å². The van der Waals surface area contributed by atoms with Crippen LogP contribution in [0.4, 0.5) is 5.69 Å². The van der Waals surface area contributed by atoms with Crippen molar-refractivity contribution in [1.82, 2.24) is 0 Å². The molecule has 2 aromatic carbocycles. The molecule has 0 aliphatic heterocycles. The summed E-state index contributed by atoms with van der Waals surface area (Å²) in [6.45, 7) is 12.4. The monoisotopic (exact) mass is 632 g/mol. The third-order valence-corrected chi connectivity index (χ3v) is 6.92. The molecule has 0 atom stereocenters. The highest BCUT2D eigenvalue weighted by molar-refractivity contribution is 9.11. The van der Waals surface area contributed by atoms with Crippen molar-refractivity contribution >= 4 is 65.0 Å². The van der Waals surface area contributed by atoms with Crippen molar-refractivity contribution in [3.05, 3.63) is 90.3 Å². The molecule has 0 saturated heterocycles. The van der Waals surface area contributed by atoms with Crippen LogP contribution in [0.1, 0.15) is 47.1 Å². The molecule has 0 aromatic heterocycles. The predicted molar refractivity (Wildman–Crippen MR) is 148 cm³/mol. The van der Waals surface area contributed by atoms with E-state index in [-0.39, 0.29) is 16.6 Å². The van der Waals surface area contributed by atoms with E-state index in [0.29, 0.717) is 11.4 Å². The molecule has 0 saturated carbocycles. The Hall–Kier alpha value is -1.63. The van der Waals surface area contributed by atoms with E-state index in [4.69, 9.17) is 5.11 Å². The molecule has 3 rings (SSSR count). The molecule has 0 unspecified atom stereocenters. The van der Waals surface area contributed by atoms with Crippen LogP contribution >= 0.6 is 47.8 Å². The average Bonchev–Trinajstić information content (AvgIpc) is 2.69. The molecular formula is C27H27Br3N2O. The third kappa shape index (κ3) is 6.09. The summed E-state index contributed by atoms with van der Waals surface area (Å²) in [4.78, 5) is 13.4. The van der Waals surface area contributed by atoms with Gasteiger partial charge in [0, 0.05) is 35.7 Å². The van der Waals surface area contributed by atoms with Crippen LogP contribution in [0.25, 0.3) is 5.70 Å². The Bertz CT molecular complexity index is 1150. The van der Waals surface area contributed by atoms with Gasteiger partial charge in [-0.15, -0.1) is 10.2 Å². The average molecular weight is 635 g/mol. The fourth-order valence-electron chi connectivity index (χ4n) is 3.49. The Labute approximate surface area is 221 Å². The fourth-order valence-corrected chi connectivity index (χ4v) is 5.91. The molecule has 0 amide bonds. The highest BCUT2D eigenvalue weighted by Crippen LogP contribution is 2.42. The predicted octanol–water partition coefficient (Wildman–Crippen LogP) is 10.00. The van der Waals surface area contributed by atoms with Crippen LogP contribution < -0.4 is 0 Å². The van der Waals surface area contributed by atoms with Crippen LogP contribution in [0, 0.1) is 10.8 Å². The molecule has 1 aliphatic rings. The SMILES string of the molecule is CC(C)(C)C1=CC(=C(N=Nc2c(Br)cc(Br)cc2Br)c2ccccc2)C=C(C(C)(C)C)C1=O. The van der Waals surface area contributed by atoms with Crippen LogP contribution in [-0.2, 0) is 4.79 Å². The number of rotatable bonds is 3. The third-order valence-electron chi connectivity index (χ3n) is 5.26. The molecular weight excluding hydrogens is 608 g/mol. The zero-order chi connectivity index (χ0) is 24.6. The summed E-state index contributed by atoms with van der Waals surface area (Å²) in [5, 5.41) is 9.33. The minimum atomic E-state index is -0.302. The summed E-state index contributed by atoms with van der Waals surface area (Å²) in [7, 11) is 0. The number of allylic oxidation sites excluding steroid dienone is 5. The van der Waals surface area contributed by atoms with Gasteiger partial charge >= 0.3 is 0 Å². The van der Waals surface area contributed by atoms with Gasteiger partial charge in [-0.05, 0) is 67.0 Å². The number of hydrogen-bond acceptors (Lipinski definition) is 3. The molecule has 6 heteroatoms. The molecule has 172 valence electrons. The Morgan fingerprint density at radius 1 is 0.788 bits per heavy atom. The van der Waals surface area contributed by atoms with Gasteiger partial charge in [-0.2, -0.15) is 0 Å². The molecule has 1 aliphatic carbocycles. The zero-order valence-corrected chi connectivity index (χ0v) is 24.4. The number of azo groups is 1. The maximum Gasteiger partial charge on any atom is 0.186 e. The number of nitrogens with zero attached hydrogens (tertiary/aromatic N) is 2. The van der Waals surface area contributed by atoms with Crippen molar-refractivity contribution in [2.45, 2.75) is 41.5 Å². The van der Waals surface area contributed by atoms with Crippen molar-refractivity contribution in [3.8, 4) is 0 Å². The van der Waals surface area contributed by atoms with Gasteiger partial charge in [0.15, 0.2) is 5.78 Å². The van der Waals surface area contributed by atoms with Crippen molar-refractivity contribution in [1.29, 1.82) is 0 Å². The van der Waals surface area contributed by atoms with Crippen LogP contribution in [0.2, 0.25) is 0 Å². The topological polar surface area (TPSA) is 41.8 Å². The quantitative estimate of drug-likeness (QED) is 0.310. The van der Waals surface area contributed by atoms with Crippen LogP contribution in [0.15, 0.2) is 95.0 Å². The standard InChI is InChI=1S/C27H27Br3N2O/c1-26(2,3)19-12-17(13-20(25(19)33)27(4,5)6)23(16-10-8-7-9-11-16)31-32-24-21(29)14-18(28)15-22(24)30/h7-15H,1-6H3. The second-order valence-corrected chi connectivity index (χ2v) is 12.7. The van der Waals surface area contributed by atoms with Gasteiger partial charge in [0.1, 0.15) is 11.4 Å². The lowest BCUT2D eigenvalue weighted by Gasteiger charge is -2.31. The first-order valence-electron chi connectivity index (χ1n) is 10.6. The molecule has 0 bridgehead atoms. The Morgan fingerprint density at radius 2 is 1.27 bits per heavy atom. The van der Waals surface area contributed by atoms with Gasteiger partial charge in [0.2, 0.25) is 0 Å². The summed E-state index contributed by atoms with van der Waals surface area (Å²) in [5.41, 5.74) is 4.17. The number of ketones is 1.